The topological polar surface area (TPSA) is 120 Å². The quantitative estimate of drug-likeness (QED) is 0.210. The van der Waals surface area contributed by atoms with E-state index in [2.05, 4.69) is 0 Å². The highest BCUT2D eigenvalue weighted by atomic mass is 32.1. The number of fused-ring (bicyclic) bond motifs is 2. The van der Waals surface area contributed by atoms with Crippen LogP contribution in [0.1, 0.15) is 54.4 Å². The molecule has 0 radical (unpaired) electrons. The second-order valence-corrected chi connectivity index (χ2v) is 11.4. The molecular weight excluding hydrogens is 592 g/mol. The lowest BCUT2D eigenvalue weighted by Crippen LogP contribution is -2.40. The van der Waals surface area contributed by atoms with Crippen LogP contribution in [0.3, 0.4) is 0 Å². The lowest BCUT2D eigenvalue weighted by molar-refractivity contribution is -0.139. The van der Waals surface area contributed by atoms with E-state index in [1.165, 1.54) is 23.5 Å². The molecule has 9 nitrogen and oxygen atoms in total. The zero-order valence-electron chi connectivity index (χ0n) is 24.9. The molecule has 0 saturated carbocycles. The van der Waals surface area contributed by atoms with Crippen molar-refractivity contribution in [3.05, 3.63) is 121 Å². The number of ether oxygens (including phenoxy) is 2. The van der Waals surface area contributed by atoms with Crippen LogP contribution in [0.15, 0.2) is 98.3 Å². The Bertz CT molecular complexity index is 2150. The molecule has 1 N–H and O–H groups in total. The number of aromatic carboxylic acids is 1. The SMILES string of the molecule is CCCC1=C(C(=O)OCC)[C@H](c2c(OC)ccc3ccccc23)n2c(s/c(=C/c3ccc(-c4ccc(C(=O)O)cc4)o3)c2=O)=N1. The van der Waals surface area contributed by atoms with Crippen LogP contribution in [0.25, 0.3) is 28.2 Å². The Morgan fingerprint density at radius 3 is 2.53 bits per heavy atom. The van der Waals surface area contributed by atoms with Crippen LogP contribution in [0, 0.1) is 0 Å². The van der Waals surface area contributed by atoms with E-state index < -0.39 is 18.0 Å². The van der Waals surface area contributed by atoms with Crippen LogP contribution < -0.4 is 19.6 Å². The van der Waals surface area contributed by atoms with Crippen molar-refractivity contribution in [1.29, 1.82) is 0 Å². The molecule has 1 aliphatic heterocycles. The van der Waals surface area contributed by atoms with Crippen LogP contribution in [0.2, 0.25) is 0 Å². The number of carboxylic acids is 1. The first-order valence-corrected chi connectivity index (χ1v) is 15.4. The number of furan rings is 1. The summed E-state index contributed by atoms with van der Waals surface area (Å²) in [6, 6.07) is 20.6. The number of thiazole rings is 1. The average Bonchev–Trinajstić information content (AvgIpc) is 3.64. The maximum absolute atomic E-state index is 14.3. The normalized spacial score (nSPS) is 14.7. The van der Waals surface area contributed by atoms with E-state index in [1.54, 1.807) is 48.9 Å². The maximum Gasteiger partial charge on any atom is 0.338 e. The van der Waals surface area contributed by atoms with Gasteiger partial charge in [-0.1, -0.05) is 67.1 Å². The number of methoxy groups -OCH3 is 1. The number of carbonyl (C=O) groups excluding carboxylic acids is 1. The van der Waals surface area contributed by atoms with Crippen LogP contribution >= 0.6 is 11.3 Å². The smallest absolute Gasteiger partial charge is 0.338 e. The second-order valence-electron chi connectivity index (χ2n) is 10.4. The van der Waals surface area contributed by atoms with E-state index in [4.69, 9.17) is 18.9 Å². The third kappa shape index (κ3) is 5.49. The molecule has 0 fully saturated rings. The van der Waals surface area contributed by atoms with Gasteiger partial charge in [0.2, 0.25) is 0 Å². The molecule has 3 aromatic carbocycles. The molecule has 5 aromatic rings. The summed E-state index contributed by atoms with van der Waals surface area (Å²) in [7, 11) is 1.57. The summed E-state index contributed by atoms with van der Waals surface area (Å²) >= 11 is 1.22. The highest BCUT2D eigenvalue weighted by Gasteiger charge is 2.37. The van der Waals surface area contributed by atoms with E-state index in [1.807, 2.05) is 43.3 Å². The number of allylic oxidation sites excluding steroid dienone is 1. The minimum Gasteiger partial charge on any atom is -0.496 e. The predicted octanol–water partition coefficient (Wildman–Crippen LogP) is 5.70. The summed E-state index contributed by atoms with van der Waals surface area (Å²) in [5.74, 6) is -0.0277. The van der Waals surface area contributed by atoms with Gasteiger partial charge in [0, 0.05) is 17.2 Å². The van der Waals surface area contributed by atoms with Gasteiger partial charge in [0.1, 0.15) is 23.3 Å². The fourth-order valence-corrected chi connectivity index (χ4v) is 6.62. The zero-order valence-corrected chi connectivity index (χ0v) is 25.7. The molecular formula is C35H30N2O7S. The number of nitrogens with zero attached hydrogens (tertiary/aromatic N) is 2. The van der Waals surface area contributed by atoms with Crippen molar-refractivity contribution < 1.29 is 28.6 Å². The van der Waals surface area contributed by atoms with E-state index in [-0.39, 0.29) is 17.7 Å². The lowest BCUT2D eigenvalue weighted by atomic mass is 9.90. The molecule has 3 heterocycles. The lowest BCUT2D eigenvalue weighted by Gasteiger charge is -2.28. The number of carboxylic acid groups (broad SMARTS) is 1. The van der Waals surface area contributed by atoms with Gasteiger partial charge in [0.05, 0.1) is 35.1 Å². The second kappa shape index (κ2) is 12.4. The van der Waals surface area contributed by atoms with Gasteiger partial charge >= 0.3 is 11.9 Å². The van der Waals surface area contributed by atoms with Crippen molar-refractivity contribution >= 4 is 40.1 Å². The summed E-state index contributed by atoms with van der Waals surface area (Å²) in [6.07, 6.45) is 2.91. The van der Waals surface area contributed by atoms with Crippen LogP contribution in [0.4, 0.5) is 0 Å². The van der Waals surface area contributed by atoms with Gasteiger partial charge in [0.25, 0.3) is 5.56 Å². The van der Waals surface area contributed by atoms with Gasteiger partial charge in [-0.2, -0.15) is 0 Å². The Balaban J connectivity index is 1.56. The molecule has 0 spiro atoms. The number of carbonyl (C=O) groups is 2. The molecule has 0 bridgehead atoms. The molecule has 0 amide bonds. The summed E-state index contributed by atoms with van der Waals surface area (Å²) in [5, 5.41) is 11.0. The molecule has 228 valence electrons. The first kappa shape index (κ1) is 29.8. The monoisotopic (exact) mass is 622 g/mol. The summed E-state index contributed by atoms with van der Waals surface area (Å²) in [5.41, 5.74) is 2.12. The van der Waals surface area contributed by atoms with Crippen LogP contribution in [-0.2, 0) is 9.53 Å². The Kier molecular flexibility index (Phi) is 8.23. The fourth-order valence-electron chi connectivity index (χ4n) is 5.62. The molecule has 45 heavy (non-hydrogen) atoms. The third-order valence-corrected chi connectivity index (χ3v) is 8.62. The number of esters is 1. The maximum atomic E-state index is 14.3. The minimum absolute atomic E-state index is 0.172. The van der Waals surface area contributed by atoms with Crippen molar-refractivity contribution in [3.8, 4) is 17.1 Å². The van der Waals surface area contributed by atoms with Gasteiger partial charge in [-0.25, -0.2) is 14.6 Å². The molecule has 0 aliphatic carbocycles. The number of hydrogen-bond donors (Lipinski definition) is 1. The van der Waals surface area contributed by atoms with Gasteiger partial charge in [-0.3, -0.25) is 9.36 Å². The number of hydrogen-bond acceptors (Lipinski definition) is 8. The van der Waals surface area contributed by atoms with E-state index in [0.717, 1.165) is 17.2 Å². The Hall–Kier alpha value is -5.22. The van der Waals surface area contributed by atoms with Crippen molar-refractivity contribution in [3.63, 3.8) is 0 Å². The Labute approximate surface area is 262 Å². The largest absolute Gasteiger partial charge is 0.496 e. The first-order chi connectivity index (χ1) is 21.8. The molecule has 1 aliphatic rings. The first-order valence-electron chi connectivity index (χ1n) is 14.6. The van der Waals surface area contributed by atoms with Crippen molar-refractivity contribution in [1.82, 2.24) is 4.57 Å². The Morgan fingerprint density at radius 1 is 1.04 bits per heavy atom. The predicted molar refractivity (Wildman–Crippen MR) is 171 cm³/mol. The molecule has 2 aromatic heterocycles. The highest BCUT2D eigenvalue weighted by Crippen LogP contribution is 2.41. The van der Waals surface area contributed by atoms with Crippen molar-refractivity contribution in [2.24, 2.45) is 4.99 Å². The summed E-state index contributed by atoms with van der Waals surface area (Å²) in [4.78, 5) is 44.5. The minimum atomic E-state index is -1.01. The van der Waals surface area contributed by atoms with E-state index >= 15 is 0 Å². The Morgan fingerprint density at radius 2 is 1.82 bits per heavy atom. The standard InChI is InChI=1S/C35H30N2O7S/c1-4-8-25-30(34(41)43-5-2)31(29-24-10-7-6-9-20(24)15-17-27(29)42-3)37-32(38)28(45-35(37)36-25)19-23-16-18-26(44-23)21-11-13-22(14-12-21)33(39)40/h6-7,9-19,31H,4-5,8H2,1-3H3,(H,39,40)/b28-19+/t31-/m0/s1. The van der Waals surface area contributed by atoms with Gasteiger partial charge in [-0.05, 0) is 54.4 Å². The number of rotatable bonds is 9. The van der Waals surface area contributed by atoms with Crippen LogP contribution in [0.5, 0.6) is 5.75 Å². The van der Waals surface area contributed by atoms with Gasteiger partial charge in [-0.15, -0.1) is 0 Å². The van der Waals surface area contributed by atoms with Crippen molar-refractivity contribution in [2.75, 3.05) is 13.7 Å². The van der Waals surface area contributed by atoms with E-state index in [0.29, 0.717) is 55.4 Å². The number of benzene rings is 3. The van der Waals surface area contributed by atoms with Crippen LogP contribution in [-0.4, -0.2) is 35.3 Å². The zero-order chi connectivity index (χ0) is 31.7. The summed E-state index contributed by atoms with van der Waals surface area (Å²) < 4.78 is 19.4. The average molecular weight is 623 g/mol. The molecule has 10 heteroatoms. The third-order valence-electron chi connectivity index (χ3n) is 7.63. The van der Waals surface area contributed by atoms with Gasteiger partial charge < -0.3 is 19.0 Å². The molecule has 0 unspecified atom stereocenters. The molecule has 6 rings (SSSR count). The molecule has 1 atom stereocenters. The fraction of sp³-hybridized carbons (Fsp3) is 0.200. The number of aromatic nitrogens is 1. The van der Waals surface area contributed by atoms with Gasteiger partial charge in [0.15, 0.2) is 4.80 Å². The van der Waals surface area contributed by atoms with E-state index in [9.17, 15) is 19.5 Å². The highest BCUT2D eigenvalue weighted by molar-refractivity contribution is 7.07. The van der Waals surface area contributed by atoms with Crippen molar-refractivity contribution in [2.45, 2.75) is 32.7 Å². The summed E-state index contributed by atoms with van der Waals surface area (Å²) in [6.45, 7) is 3.93. The molecule has 0 saturated heterocycles.